The molecule has 2 fully saturated rings. The highest BCUT2D eigenvalue weighted by molar-refractivity contribution is 6.04. The van der Waals surface area contributed by atoms with E-state index in [4.69, 9.17) is 0 Å². The molecule has 0 saturated heterocycles. The van der Waals surface area contributed by atoms with Crippen LogP contribution in [0.3, 0.4) is 0 Å². The normalized spacial score (nSPS) is 23.1. The second-order valence-electron chi connectivity index (χ2n) is 10.7. The highest BCUT2D eigenvalue weighted by Gasteiger charge is 2.36. The molecule has 7 heteroatoms. The number of hydrogen-bond acceptors (Lipinski definition) is 4. The van der Waals surface area contributed by atoms with Crippen molar-refractivity contribution >= 4 is 23.5 Å². The third-order valence-electron chi connectivity index (χ3n) is 8.17. The molecule has 1 unspecified atom stereocenters. The minimum absolute atomic E-state index is 0.0130. The van der Waals surface area contributed by atoms with Crippen molar-refractivity contribution in [2.75, 3.05) is 0 Å². The summed E-state index contributed by atoms with van der Waals surface area (Å²) in [5.41, 5.74) is 3.92. The molecule has 3 aliphatic rings. The zero-order chi connectivity index (χ0) is 25.8. The van der Waals surface area contributed by atoms with Crippen LogP contribution in [0, 0.1) is 11.8 Å². The van der Waals surface area contributed by atoms with Gasteiger partial charge in [0.1, 0.15) is 0 Å². The van der Waals surface area contributed by atoms with Crippen molar-refractivity contribution in [2.45, 2.75) is 76.3 Å². The number of carbonyl (C=O) groups is 3. The van der Waals surface area contributed by atoms with Crippen LogP contribution in [-0.2, 0) is 20.9 Å². The second-order valence-corrected chi connectivity index (χ2v) is 10.7. The molecule has 1 aliphatic heterocycles. The molecule has 2 N–H and O–H groups in total. The third kappa shape index (κ3) is 5.92. The Morgan fingerprint density at radius 3 is 2.38 bits per heavy atom. The first-order valence-electron chi connectivity index (χ1n) is 13.5. The lowest BCUT2D eigenvalue weighted by Gasteiger charge is -2.26. The summed E-state index contributed by atoms with van der Waals surface area (Å²) < 4.78 is 0. The van der Waals surface area contributed by atoms with Crippen molar-refractivity contribution in [1.82, 2.24) is 10.3 Å². The van der Waals surface area contributed by atoms with E-state index in [2.05, 4.69) is 10.4 Å². The van der Waals surface area contributed by atoms with Gasteiger partial charge in [0.25, 0.3) is 0 Å². The highest BCUT2D eigenvalue weighted by Crippen LogP contribution is 2.38. The number of carboxylic acids is 1. The minimum atomic E-state index is -0.771. The van der Waals surface area contributed by atoms with E-state index in [1.54, 1.807) is 5.01 Å². The standard InChI is InChI=1S/C30H35N3O4/c34-27-17-16-26(21-6-2-1-3-7-21)32-33(27)19-20-10-12-23(13-11-20)28(22-8-4-5-9-22)29(35)31-25-15-14-24(18-25)30(36)37/h1-3,6-7,10-13,22,24-25,28H,4-5,8-9,14-19H2,(H,31,35)(H,36,37)/t24-,25-,28?/m0/s1. The van der Waals surface area contributed by atoms with Crippen LogP contribution in [0.15, 0.2) is 59.7 Å². The van der Waals surface area contributed by atoms with Gasteiger partial charge in [0, 0.05) is 18.9 Å². The summed E-state index contributed by atoms with van der Waals surface area (Å²) in [7, 11) is 0. The van der Waals surface area contributed by atoms with Crippen LogP contribution in [0.5, 0.6) is 0 Å². The molecular weight excluding hydrogens is 466 g/mol. The van der Waals surface area contributed by atoms with Gasteiger partial charge in [0.2, 0.25) is 11.8 Å². The molecule has 194 valence electrons. The van der Waals surface area contributed by atoms with Crippen LogP contribution < -0.4 is 5.32 Å². The Kier molecular flexibility index (Phi) is 7.68. The van der Waals surface area contributed by atoms with Crippen molar-refractivity contribution in [3.05, 3.63) is 71.3 Å². The van der Waals surface area contributed by atoms with Gasteiger partial charge < -0.3 is 10.4 Å². The maximum absolute atomic E-state index is 13.4. The van der Waals surface area contributed by atoms with Crippen LogP contribution in [0.1, 0.15) is 80.4 Å². The van der Waals surface area contributed by atoms with Crippen LogP contribution in [0.25, 0.3) is 0 Å². The third-order valence-corrected chi connectivity index (χ3v) is 8.17. The molecule has 2 aliphatic carbocycles. The largest absolute Gasteiger partial charge is 0.481 e. The zero-order valence-corrected chi connectivity index (χ0v) is 21.1. The SMILES string of the molecule is O=C(N[C@H]1CC[C@H](C(=O)O)C1)C(c1ccc(CN2N=C(c3ccccc3)CCC2=O)cc1)C1CCCC1. The van der Waals surface area contributed by atoms with Gasteiger partial charge in [-0.05, 0) is 54.7 Å². The number of carbonyl (C=O) groups excluding carboxylic acids is 2. The Morgan fingerprint density at radius 2 is 1.70 bits per heavy atom. The summed E-state index contributed by atoms with van der Waals surface area (Å²) in [5, 5.41) is 18.7. The molecule has 0 bridgehead atoms. The van der Waals surface area contributed by atoms with Crippen molar-refractivity contribution in [3.63, 3.8) is 0 Å². The van der Waals surface area contributed by atoms with Crippen molar-refractivity contribution in [3.8, 4) is 0 Å². The number of aliphatic carboxylic acids is 1. The van der Waals surface area contributed by atoms with Gasteiger partial charge in [-0.2, -0.15) is 5.10 Å². The molecule has 0 spiro atoms. The van der Waals surface area contributed by atoms with Crippen LogP contribution in [-0.4, -0.2) is 39.7 Å². The van der Waals surface area contributed by atoms with E-state index in [-0.39, 0.29) is 29.7 Å². The molecule has 1 heterocycles. The number of amides is 2. The monoisotopic (exact) mass is 501 g/mol. The Hall–Kier alpha value is -3.48. The van der Waals surface area contributed by atoms with Crippen LogP contribution >= 0.6 is 0 Å². The van der Waals surface area contributed by atoms with Crippen molar-refractivity contribution in [1.29, 1.82) is 0 Å². The Labute approximate surface area is 217 Å². The first kappa shape index (κ1) is 25.2. The predicted octanol–water partition coefficient (Wildman–Crippen LogP) is 4.86. The summed E-state index contributed by atoms with van der Waals surface area (Å²) in [6.45, 7) is 0.397. The van der Waals surface area contributed by atoms with Gasteiger partial charge in [-0.1, -0.05) is 67.4 Å². The van der Waals surface area contributed by atoms with E-state index in [1.807, 2.05) is 54.6 Å². The Morgan fingerprint density at radius 1 is 0.973 bits per heavy atom. The van der Waals surface area contributed by atoms with E-state index in [0.717, 1.165) is 48.1 Å². The maximum Gasteiger partial charge on any atom is 0.306 e. The lowest BCUT2D eigenvalue weighted by Crippen LogP contribution is -2.39. The van der Waals surface area contributed by atoms with E-state index < -0.39 is 5.97 Å². The van der Waals surface area contributed by atoms with Crippen LogP contribution in [0.4, 0.5) is 0 Å². The molecule has 2 saturated carbocycles. The highest BCUT2D eigenvalue weighted by atomic mass is 16.4. The van der Waals surface area contributed by atoms with E-state index in [1.165, 1.54) is 0 Å². The van der Waals surface area contributed by atoms with Gasteiger partial charge in [-0.3, -0.25) is 14.4 Å². The lowest BCUT2D eigenvalue weighted by atomic mass is 9.83. The topological polar surface area (TPSA) is 99.1 Å². The quantitative estimate of drug-likeness (QED) is 0.540. The van der Waals surface area contributed by atoms with Gasteiger partial charge in [0.05, 0.1) is 24.1 Å². The summed E-state index contributed by atoms with van der Waals surface area (Å²) in [4.78, 5) is 37.4. The summed E-state index contributed by atoms with van der Waals surface area (Å²) >= 11 is 0. The lowest BCUT2D eigenvalue weighted by molar-refractivity contribution is -0.141. The van der Waals surface area contributed by atoms with E-state index >= 15 is 0 Å². The van der Waals surface area contributed by atoms with Crippen LogP contribution in [0.2, 0.25) is 0 Å². The minimum Gasteiger partial charge on any atom is -0.481 e. The maximum atomic E-state index is 13.4. The van der Waals surface area contributed by atoms with Gasteiger partial charge in [0.15, 0.2) is 0 Å². The average molecular weight is 502 g/mol. The van der Waals surface area contributed by atoms with Gasteiger partial charge >= 0.3 is 5.97 Å². The molecule has 0 aromatic heterocycles. The van der Waals surface area contributed by atoms with Crippen molar-refractivity contribution < 1.29 is 19.5 Å². The first-order chi connectivity index (χ1) is 18.0. The van der Waals surface area contributed by atoms with E-state index in [9.17, 15) is 19.5 Å². The number of nitrogens with zero attached hydrogens (tertiary/aromatic N) is 2. The molecule has 2 aromatic rings. The zero-order valence-electron chi connectivity index (χ0n) is 21.1. The average Bonchev–Trinajstić information content (AvgIpc) is 3.60. The number of benzene rings is 2. The molecule has 7 nitrogen and oxygen atoms in total. The summed E-state index contributed by atoms with van der Waals surface area (Å²) in [6.07, 6.45) is 7.26. The predicted molar refractivity (Wildman–Crippen MR) is 141 cm³/mol. The van der Waals surface area contributed by atoms with E-state index in [0.29, 0.717) is 44.6 Å². The number of nitrogens with one attached hydrogen (secondary N) is 1. The number of hydrazone groups is 1. The second kappa shape index (κ2) is 11.3. The summed E-state index contributed by atoms with van der Waals surface area (Å²) in [6, 6.07) is 17.9. The molecule has 2 amide bonds. The van der Waals surface area contributed by atoms with Gasteiger partial charge in [-0.15, -0.1) is 0 Å². The number of rotatable bonds is 8. The molecule has 2 aromatic carbocycles. The molecule has 0 radical (unpaired) electrons. The first-order valence-corrected chi connectivity index (χ1v) is 13.5. The fourth-order valence-electron chi connectivity index (χ4n) is 6.12. The fourth-order valence-corrected chi connectivity index (χ4v) is 6.12. The smallest absolute Gasteiger partial charge is 0.306 e. The molecule has 3 atom stereocenters. The Balaban J connectivity index is 1.29. The number of hydrogen-bond donors (Lipinski definition) is 2. The Bertz CT molecular complexity index is 1160. The van der Waals surface area contributed by atoms with Gasteiger partial charge in [-0.25, -0.2) is 5.01 Å². The number of carboxylic acid groups (broad SMARTS) is 1. The fraction of sp³-hybridized carbons (Fsp3) is 0.467. The van der Waals surface area contributed by atoms with Crippen molar-refractivity contribution in [2.24, 2.45) is 16.9 Å². The molecule has 5 rings (SSSR count). The molecular formula is C30H35N3O4. The summed E-state index contributed by atoms with van der Waals surface area (Å²) in [5.74, 6) is -1.05. The molecule has 37 heavy (non-hydrogen) atoms.